The van der Waals surface area contributed by atoms with E-state index in [2.05, 4.69) is 10.1 Å². The van der Waals surface area contributed by atoms with Crippen LogP contribution in [0.5, 0.6) is 5.75 Å². The molecule has 3 rings (SSSR count). The molecule has 0 radical (unpaired) electrons. The molecule has 0 fully saturated rings. The van der Waals surface area contributed by atoms with Gasteiger partial charge in [-0.2, -0.15) is 5.10 Å². The van der Waals surface area contributed by atoms with Crippen LogP contribution in [0.2, 0.25) is 5.15 Å². The maximum absolute atomic E-state index is 12.0. The Bertz CT molecular complexity index is 922. The fraction of sp³-hybridized carbons (Fsp3) is 0.235. The number of fused-ring (bicyclic) bond motifs is 1. The molecule has 0 bridgehead atoms. The molecular formula is C17H17ClN4O3. The average Bonchev–Trinajstić information content (AvgIpc) is 2.98. The molecule has 130 valence electrons. The summed E-state index contributed by atoms with van der Waals surface area (Å²) < 4.78 is 11.8. The molecule has 0 saturated heterocycles. The van der Waals surface area contributed by atoms with E-state index < -0.39 is 5.97 Å². The lowest BCUT2D eigenvalue weighted by molar-refractivity contribution is 0.0527. The Morgan fingerprint density at radius 2 is 2.04 bits per heavy atom. The van der Waals surface area contributed by atoms with Gasteiger partial charge in [0.15, 0.2) is 5.65 Å². The van der Waals surface area contributed by atoms with Crippen molar-refractivity contribution in [2.75, 3.05) is 19.5 Å². The number of hydrogen-bond donors (Lipinski definition) is 1. The zero-order valence-corrected chi connectivity index (χ0v) is 14.6. The smallest absolute Gasteiger partial charge is 0.343 e. The van der Waals surface area contributed by atoms with Crippen LogP contribution in [-0.2, 0) is 11.3 Å². The van der Waals surface area contributed by atoms with E-state index in [1.54, 1.807) is 24.9 Å². The van der Waals surface area contributed by atoms with Crippen molar-refractivity contribution < 1.29 is 14.3 Å². The second-order valence-electron chi connectivity index (χ2n) is 5.32. The summed E-state index contributed by atoms with van der Waals surface area (Å²) in [4.78, 5) is 16.2. The summed E-state index contributed by atoms with van der Waals surface area (Å²) in [6.45, 7) is 2.45. The highest BCUT2D eigenvalue weighted by molar-refractivity contribution is 6.34. The molecule has 0 atom stereocenters. The van der Waals surface area contributed by atoms with E-state index in [0.717, 1.165) is 11.3 Å². The number of carbonyl (C=O) groups excluding carboxylic acids is 1. The molecule has 1 aromatic carbocycles. The number of nitrogens with zero attached hydrogens (tertiary/aromatic N) is 3. The summed E-state index contributed by atoms with van der Waals surface area (Å²) in [5.41, 5.74) is 7.80. The van der Waals surface area contributed by atoms with E-state index in [0.29, 0.717) is 17.6 Å². The number of nitrogens with two attached hydrogens (primary N) is 1. The van der Waals surface area contributed by atoms with Crippen molar-refractivity contribution in [1.29, 1.82) is 0 Å². The number of carbonyl (C=O) groups is 1. The molecule has 0 aliphatic carbocycles. The Kier molecular flexibility index (Phi) is 4.76. The first-order valence-corrected chi connectivity index (χ1v) is 8.03. The van der Waals surface area contributed by atoms with Crippen LogP contribution in [0.1, 0.15) is 22.8 Å². The molecule has 0 unspecified atom stereocenters. The second-order valence-corrected chi connectivity index (χ2v) is 5.68. The van der Waals surface area contributed by atoms with Crippen molar-refractivity contribution in [2.45, 2.75) is 13.5 Å². The van der Waals surface area contributed by atoms with Gasteiger partial charge in [-0.1, -0.05) is 23.7 Å². The lowest BCUT2D eigenvalue weighted by Crippen LogP contribution is -2.10. The molecule has 0 saturated carbocycles. The van der Waals surface area contributed by atoms with Crippen LogP contribution in [0, 0.1) is 0 Å². The quantitative estimate of drug-likeness (QED) is 0.555. The third-order valence-corrected chi connectivity index (χ3v) is 3.97. The van der Waals surface area contributed by atoms with Gasteiger partial charge in [-0.3, -0.25) is 4.68 Å². The summed E-state index contributed by atoms with van der Waals surface area (Å²) in [5, 5.41) is 4.92. The summed E-state index contributed by atoms with van der Waals surface area (Å²) in [6.07, 6.45) is 1.74. The number of benzene rings is 1. The molecule has 25 heavy (non-hydrogen) atoms. The van der Waals surface area contributed by atoms with Crippen molar-refractivity contribution in [3.63, 3.8) is 0 Å². The third kappa shape index (κ3) is 3.36. The van der Waals surface area contributed by atoms with Crippen LogP contribution < -0.4 is 10.5 Å². The number of rotatable bonds is 5. The number of anilines is 1. The van der Waals surface area contributed by atoms with Crippen molar-refractivity contribution in [3.8, 4) is 5.75 Å². The Labute approximate surface area is 149 Å². The Morgan fingerprint density at radius 3 is 2.68 bits per heavy atom. The van der Waals surface area contributed by atoms with Gasteiger partial charge in [0, 0.05) is 6.20 Å². The van der Waals surface area contributed by atoms with Crippen molar-refractivity contribution in [3.05, 3.63) is 46.7 Å². The van der Waals surface area contributed by atoms with Gasteiger partial charge in [0.1, 0.15) is 16.5 Å². The van der Waals surface area contributed by atoms with Crippen LogP contribution in [-0.4, -0.2) is 34.5 Å². The van der Waals surface area contributed by atoms with E-state index in [-0.39, 0.29) is 23.0 Å². The highest BCUT2D eigenvalue weighted by atomic mass is 35.5. The Balaban J connectivity index is 1.96. The number of pyridine rings is 1. The predicted molar refractivity (Wildman–Crippen MR) is 95.0 cm³/mol. The van der Waals surface area contributed by atoms with Gasteiger partial charge in [-0.15, -0.1) is 0 Å². The Morgan fingerprint density at radius 1 is 1.32 bits per heavy atom. The van der Waals surface area contributed by atoms with E-state index in [4.69, 9.17) is 26.8 Å². The van der Waals surface area contributed by atoms with E-state index in [1.807, 2.05) is 24.3 Å². The third-order valence-electron chi connectivity index (χ3n) is 3.70. The molecule has 0 amide bonds. The molecule has 0 aliphatic rings. The number of methoxy groups -OCH3 is 1. The molecule has 2 aromatic heterocycles. The van der Waals surface area contributed by atoms with Crippen molar-refractivity contribution >= 4 is 34.3 Å². The second kappa shape index (κ2) is 6.98. The normalized spacial score (nSPS) is 10.8. The first-order chi connectivity index (χ1) is 12.0. The summed E-state index contributed by atoms with van der Waals surface area (Å²) in [7, 11) is 1.62. The van der Waals surface area contributed by atoms with E-state index in [9.17, 15) is 4.79 Å². The van der Waals surface area contributed by atoms with Gasteiger partial charge in [0.25, 0.3) is 0 Å². The number of nitrogen functional groups attached to an aromatic ring is 1. The highest BCUT2D eigenvalue weighted by Gasteiger charge is 2.21. The van der Waals surface area contributed by atoms with Crippen molar-refractivity contribution in [2.24, 2.45) is 0 Å². The number of esters is 1. The van der Waals surface area contributed by atoms with Gasteiger partial charge in [-0.25, -0.2) is 9.78 Å². The minimum absolute atomic E-state index is 0.0156. The first-order valence-electron chi connectivity index (χ1n) is 7.65. The molecule has 8 heteroatoms. The topological polar surface area (TPSA) is 92.3 Å². The zero-order valence-electron chi connectivity index (χ0n) is 13.8. The fourth-order valence-electron chi connectivity index (χ4n) is 2.47. The number of halogens is 1. The molecule has 7 nitrogen and oxygen atoms in total. The predicted octanol–water partition coefficient (Wildman–Crippen LogP) is 2.90. The van der Waals surface area contributed by atoms with Gasteiger partial charge >= 0.3 is 5.97 Å². The molecule has 0 aliphatic heterocycles. The molecule has 2 N–H and O–H groups in total. The lowest BCUT2D eigenvalue weighted by Gasteiger charge is -2.06. The Hall–Kier alpha value is -2.80. The zero-order chi connectivity index (χ0) is 18.0. The van der Waals surface area contributed by atoms with E-state index >= 15 is 0 Å². The van der Waals surface area contributed by atoms with Gasteiger partial charge < -0.3 is 15.2 Å². The highest BCUT2D eigenvalue weighted by Crippen LogP contribution is 2.29. The maximum atomic E-state index is 12.0. The molecular weight excluding hydrogens is 344 g/mol. The monoisotopic (exact) mass is 360 g/mol. The van der Waals surface area contributed by atoms with Crippen LogP contribution >= 0.6 is 11.6 Å². The minimum atomic E-state index is -0.595. The summed E-state index contributed by atoms with van der Waals surface area (Å²) in [5.74, 6) is 0.188. The maximum Gasteiger partial charge on any atom is 0.343 e. The summed E-state index contributed by atoms with van der Waals surface area (Å²) in [6, 6.07) is 7.64. The number of aromatic nitrogens is 3. The molecule has 0 spiro atoms. The first kappa shape index (κ1) is 17.0. The van der Waals surface area contributed by atoms with Crippen LogP contribution in [0.3, 0.4) is 0 Å². The van der Waals surface area contributed by atoms with Gasteiger partial charge in [-0.05, 0) is 24.6 Å². The minimum Gasteiger partial charge on any atom is -0.497 e. The van der Waals surface area contributed by atoms with Crippen molar-refractivity contribution in [1.82, 2.24) is 14.8 Å². The largest absolute Gasteiger partial charge is 0.497 e. The standard InChI is InChI=1S/C17H17ClN4O3/c1-3-25-17(23)13-14(19)12-9-22(21-16(12)20-15(13)18)8-10-4-6-11(24-2)7-5-10/h4-7,9H,3,8,19H2,1-2H3. The summed E-state index contributed by atoms with van der Waals surface area (Å²) >= 11 is 6.09. The molecule has 3 aromatic rings. The van der Waals surface area contributed by atoms with E-state index in [1.165, 1.54) is 0 Å². The SMILES string of the molecule is CCOC(=O)c1c(Cl)nc2nn(Cc3ccc(OC)cc3)cc2c1N. The van der Waals surface area contributed by atoms with Crippen LogP contribution in [0.15, 0.2) is 30.5 Å². The number of ether oxygens (including phenoxy) is 2. The average molecular weight is 361 g/mol. The fourth-order valence-corrected chi connectivity index (χ4v) is 2.73. The lowest BCUT2D eigenvalue weighted by atomic mass is 10.2. The van der Waals surface area contributed by atoms with Crippen LogP contribution in [0.4, 0.5) is 5.69 Å². The van der Waals surface area contributed by atoms with Gasteiger partial charge in [0.2, 0.25) is 0 Å². The molecule has 2 heterocycles. The van der Waals surface area contributed by atoms with Crippen LogP contribution in [0.25, 0.3) is 11.0 Å². The van der Waals surface area contributed by atoms with Gasteiger partial charge in [0.05, 0.1) is 31.3 Å². The number of hydrogen-bond acceptors (Lipinski definition) is 6.